The first-order chi connectivity index (χ1) is 13.2. The van der Waals surface area contributed by atoms with Crippen LogP contribution in [-0.4, -0.2) is 50.2 Å². The molecule has 1 aromatic heterocycles. The van der Waals surface area contributed by atoms with Crippen LogP contribution in [0.4, 0.5) is 15.9 Å². The smallest absolute Gasteiger partial charge is 0.225 e. The molecule has 1 amide bonds. The first kappa shape index (κ1) is 20.4. The fourth-order valence-electron chi connectivity index (χ4n) is 3.40. The highest BCUT2D eigenvalue weighted by Gasteiger charge is 2.24. The zero-order valence-corrected chi connectivity index (χ0v) is 16.4. The van der Waals surface area contributed by atoms with Crippen LogP contribution in [0.3, 0.4) is 0 Å². The quantitative estimate of drug-likeness (QED) is 0.794. The van der Waals surface area contributed by atoms with Crippen LogP contribution in [0, 0.1) is 11.7 Å². The molecule has 2 aliphatic heterocycles. The van der Waals surface area contributed by atoms with Gasteiger partial charge in [0.15, 0.2) is 0 Å². The van der Waals surface area contributed by atoms with Gasteiger partial charge in [0.05, 0.1) is 5.92 Å². The fourth-order valence-corrected chi connectivity index (χ4v) is 3.40. The highest BCUT2D eigenvalue weighted by atomic mass is 35.5. The monoisotopic (exact) mass is 405 g/mol. The van der Waals surface area contributed by atoms with Gasteiger partial charge in [-0.05, 0) is 42.0 Å². The third-order valence-corrected chi connectivity index (χ3v) is 5.22. The lowest BCUT2D eigenvalue weighted by atomic mass is 10.0. The summed E-state index contributed by atoms with van der Waals surface area (Å²) in [6.45, 7) is 5.51. The molecule has 2 aromatic rings. The predicted octanol–water partition coefficient (Wildman–Crippen LogP) is 1.80. The summed E-state index contributed by atoms with van der Waals surface area (Å²) in [7, 11) is 0. The van der Waals surface area contributed by atoms with Crippen molar-refractivity contribution in [2.24, 2.45) is 5.92 Å². The molecule has 2 saturated heterocycles. The summed E-state index contributed by atoms with van der Waals surface area (Å²) < 4.78 is 13.1. The number of nitrogens with one attached hydrogen (secondary N) is 2. The van der Waals surface area contributed by atoms with E-state index in [4.69, 9.17) is 0 Å². The van der Waals surface area contributed by atoms with Crippen molar-refractivity contribution in [2.45, 2.75) is 6.54 Å². The highest BCUT2D eigenvalue weighted by Crippen LogP contribution is 2.20. The molecule has 150 valence electrons. The number of rotatable bonds is 5. The largest absolute Gasteiger partial charge is 0.368 e. The SMILES string of the molecule is Cl.O=C(NCc1ccnc(N2CCN(c3ccc(F)cc3)CC2)c1)C1CNC1. The molecule has 2 fully saturated rings. The number of piperazine rings is 1. The Bertz CT molecular complexity index is 791. The molecule has 28 heavy (non-hydrogen) atoms. The molecule has 0 aliphatic carbocycles. The van der Waals surface area contributed by atoms with Gasteiger partial charge in [-0.2, -0.15) is 0 Å². The highest BCUT2D eigenvalue weighted by molar-refractivity contribution is 5.85. The predicted molar refractivity (Wildman–Crippen MR) is 111 cm³/mol. The fraction of sp³-hybridized carbons (Fsp3) is 0.400. The molecule has 0 atom stereocenters. The lowest BCUT2D eigenvalue weighted by Crippen LogP contribution is -2.50. The standard InChI is InChI=1S/C20H24FN5O.ClH/c21-17-1-3-18(4-2-17)25-7-9-26(10-8-25)19-11-15(5-6-23-19)12-24-20(27)16-13-22-14-16;/h1-6,11,16,22H,7-10,12-14H2,(H,24,27);1H. The Morgan fingerprint density at radius 1 is 1.11 bits per heavy atom. The summed E-state index contributed by atoms with van der Waals surface area (Å²) >= 11 is 0. The van der Waals surface area contributed by atoms with Crippen molar-refractivity contribution in [1.29, 1.82) is 0 Å². The van der Waals surface area contributed by atoms with Crippen molar-refractivity contribution in [1.82, 2.24) is 15.6 Å². The molecule has 0 spiro atoms. The number of pyridine rings is 1. The minimum absolute atomic E-state index is 0. The van der Waals surface area contributed by atoms with Gasteiger partial charge in [0.2, 0.25) is 5.91 Å². The second-order valence-electron chi connectivity index (χ2n) is 7.05. The third-order valence-electron chi connectivity index (χ3n) is 5.22. The minimum atomic E-state index is -0.209. The maximum absolute atomic E-state index is 13.1. The normalized spacial score (nSPS) is 16.9. The van der Waals surface area contributed by atoms with E-state index in [2.05, 4.69) is 25.4 Å². The Labute approximate surface area is 170 Å². The van der Waals surface area contributed by atoms with Crippen molar-refractivity contribution in [3.63, 3.8) is 0 Å². The Morgan fingerprint density at radius 3 is 2.43 bits per heavy atom. The van der Waals surface area contributed by atoms with E-state index in [1.54, 1.807) is 6.20 Å². The summed E-state index contributed by atoms with van der Waals surface area (Å²) in [6, 6.07) is 10.6. The molecule has 0 bridgehead atoms. The first-order valence-corrected chi connectivity index (χ1v) is 9.38. The second-order valence-corrected chi connectivity index (χ2v) is 7.05. The first-order valence-electron chi connectivity index (χ1n) is 9.38. The number of hydrogen-bond donors (Lipinski definition) is 2. The van der Waals surface area contributed by atoms with E-state index in [1.165, 1.54) is 12.1 Å². The van der Waals surface area contributed by atoms with Crippen LogP contribution in [-0.2, 0) is 11.3 Å². The van der Waals surface area contributed by atoms with Gasteiger partial charge in [0, 0.05) is 57.7 Å². The van der Waals surface area contributed by atoms with Crippen molar-refractivity contribution in [2.75, 3.05) is 49.1 Å². The number of carbonyl (C=O) groups excluding carboxylic acids is 1. The van der Waals surface area contributed by atoms with Gasteiger partial charge in [-0.25, -0.2) is 9.37 Å². The summed E-state index contributed by atoms with van der Waals surface area (Å²) in [4.78, 5) is 21.0. The summed E-state index contributed by atoms with van der Waals surface area (Å²) in [5.41, 5.74) is 2.10. The molecule has 2 N–H and O–H groups in total. The molecule has 0 radical (unpaired) electrons. The van der Waals surface area contributed by atoms with Crippen LogP contribution >= 0.6 is 12.4 Å². The average Bonchev–Trinajstić information content (AvgIpc) is 2.66. The van der Waals surface area contributed by atoms with Crippen LogP contribution < -0.4 is 20.4 Å². The van der Waals surface area contributed by atoms with Gasteiger partial charge in [0.1, 0.15) is 11.6 Å². The number of carbonyl (C=O) groups is 1. The van der Waals surface area contributed by atoms with Crippen LogP contribution in [0.25, 0.3) is 0 Å². The van der Waals surface area contributed by atoms with E-state index in [9.17, 15) is 9.18 Å². The van der Waals surface area contributed by atoms with E-state index in [-0.39, 0.29) is 30.0 Å². The molecular formula is C20H25ClFN5O. The van der Waals surface area contributed by atoms with Gasteiger partial charge < -0.3 is 20.4 Å². The lowest BCUT2D eigenvalue weighted by Gasteiger charge is -2.36. The molecule has 1 aromatic carbocycles. The van der Waals surface area contributed by atoms with Crippen molar-refractivity contribution < 1.29 is 9.18 Å². The number of aromatic nitrogens is 1. The molecule has 6 nitrogen and oxygen atoms in total. The Balaban J connectivity index is 0.00000225. The summed E-state index contributed by atoms with van der Waals surface area (Å²) in [6.07, 6.45) is 1.80. The topological polar surface area (TPSA) is 60.5 Å². The minimum Gasteiger partial charge on any atom is -0.368 e. The number of benzene rings is 1. The maximum Gasteiger partial charge on any atom is 0.225 e. The summed E-state index contributed by atoms with van der Waals surface area (Å²) in [5.74, 6) is 0.941. The number of anilines is 2. The maximum atomic E-state index is 13.1. The molecule has 2 aliphatic rings. The van der Waals surface area contributed by atoms with Gasteiger partial charge in [-0.3, -0.25) is 4.79 Å². The number of hydrogen-bond acceptors (Lipinski definition) is 5. The number of nitrogens with zero attached hydrogens (tertiary/aromatic N) is 3. The molecule has 3 heterocycles. The van der Waals surface area contributed by atoms with Crippen LogP contribution in [0.15, 0.2) is 42.6 Å². The van der Waals surface area contributed by atoms with Crippen LogP contribution in [0.5, 0.6) is 0 Å². The Hall–Kier alpha value is -2.38. The molecule has 0 saturated carbocycles. The number of halogens is 2. The number of amides is 1. The van der Waals surface area contributed by atoms with E-state index in [0.717, 1.165) is 56.3 Å². The van der Waals surface area contributed by atoms with Crippen LogP contribution in [0.2, 0.25) is 0 Å². The van der Waals surface area contributed by atoms with E-state index in [1.807, 2.05) is 24.3 Å². The van der Waals surface area contributed by atoms with Gasteiger partial charge in [0.25, 0.3) is 0 Å². The van der Waals surface area contributed by atoms with Crippen LogP contribution in [0.1, 0.15) is 5.56 Å². The van der Waals surface area contributed by atoms with Gasteiger partial charge in [-0.15, -0.1) is 12.4 Å². The van der Waals surface area contributed by atoms with Crippen molar-refractivity contribution in [3.05, 3.63) is 54.0 Å². The third kappa shape index (κ3) is 4.72. The van der Waals surface area contributed by atoms with E-state index >= 15 is 0 Å². The van der Waals surface area contributed by atoms with Gasteiger partial charge >= 0.3 is 0 Å². The Kier molecular flexibility index (Phi) is 6.70. The molecule has 4 rings (SSSR count). The molecule has 8 heteroatoms. The van der Waals surface area contributed by atoms with Crippen molar-refractivity contribution >= 4 is 29.8 Å². The molecule has 0 unspecified atom stereocenters. The second kappa shape index (κ2) is 9.21. The van der Waals surface area contributed by atoms with Crippen molar-refractivity contribution in [3.8, 4) is 0 Å². The summed E-state index contributed by atoms with van der Waals surface area (Å²) in [5, 5.41) is 6.11. The van der Waals surface area contributed by atoms with E-state index in [0.29, 0.717) is 6.54 Å². The zero-order valence-electron chi connectivity index (χ0n) is 15.6. The lowest BCUT2D eigenvalue weighted by molar-refractivity contribution is -0.126. The average molecular weight is 406 g/mol. The van der Waals surface area contributed by atoms with Gasteiger partial charge in [-0.1, -0.05) is 0 Å². The van der Waals surface area contributed by atoms with E-state index < -0.39 is 0 Å². The zero-order chi connectivity index (χ0) is 18.6. The molecular weight excluding hydrogens is 381 g/mol. The Morgan fingerprint density at radius 2 is 1.79 bits per heavy atom.